The predicted molar refractivity (Wildman–Crippen MR) is 42.3 cm³/mol. The van der Waals surface area contributed by atoms with Crippen LogP contribution in [0.15, 0.2) is 29.3 Å². The molecule has 1 nitrogen and oxygen atoms in total. The van der Waals surface area contributed by atoms with Gasteiger partial charge in [0.15, 0.2) is 18.0 Å². The first-order valence-corrected chi connectivity index (χ1v) is 3.18. The molecule has 1 aromatic carbocycles. The van der Waals surface area contributed by atoms with Crippen molar-refractivity contribution in [2.45, 2.75) is 0 Å². The van der Waals surface area contributed by atoms with E-state index in [4.69, 9.17) is 0 Å². The van der Waals surface area contributed by atoms with Crippen LogP contribution in [0.25, 0.3) is 6.08 Å². The Kier molecular flexibility index (Phi) is 1.09. The van der Waals surface area contributed by atoms with Crippen LogP contribution in [0.2, 0.25) is 0 Å². The molecule has 1 aromatic rings. The zero-order chi connectivity index (χ0) is 6.81. The van der Waals surface area contributed by atoms with E-state index in [0.29, 0.717) is 0 Å². The molecular weight excluding hydrogens is 122 g/mol. The van der Waals surface area contributed by atoms with E-state index in [1.54, 1.807) is 6.21 Å². The highest BCUT2D eigenvalue weighted by molar-refractivity contribution is 5.83. The molecule has 1 heterocycles. The maximum absolute atomic E-state index is 4.13. The molecule has 10 heavy (non-hydrogen) atoms. The number of benzene rings is 1. The molecule has 46 valence electrons. The Morgan fingerprint density at radius 2 is 2.10 bits per heavy atom. The Hall–Kier alpha value is -1.46. The fourth-order valence-electron chi connectivity index (χ4n) is 0.961. The third kappa shape index (κ3) is 0.734. The van der Waals surface area contributed by atoms with E-state index in [0.717, 1.165) is 11.3 Å². The summed E-state index contributed by atoms with van der Waals surface area (Å²) in [6.45, 7) is 0. The van der Waals surface area contributed by atoms with Gasteiger partial charge in [-0.25, -0.2) is 4.99 Å². The fraction of sp³-hybridized carbons (Fsp3) is 0. The molecule has 0 atom stereocenters. The topological polar surface area (TPSA) is 12.4 Å². The minimum atomic E-state index is 1.03. The number of rotatable bonds is 0. The van der Waals surface area contributed by atoms with E-state index in [-0.39, 0.29) is 0 Å². The van der Waals surface area contributed by atoms with Crippen molar-refractivity contribution >= 4 is 18.0 Å². The van der Waals surface area contributed by atoms with Gasteiger partial charge in [-0.15, -0.1) is 0 Å². The largest absolute Gasteiger partial charge is 0.203 e. The summed E-state index contributed by atoms with van der Waals surface area (Å²) in [6, 6.07) is 8.00. The Balaban J connectivity index is 2.65. The zero-order valence-electron chi connectivity index (χ0n) is 5.41. The number of fused-ring (bicyclic) bond motifs is 1. The van der Waals surface area contributed by atoms with Crippen LogP contribution < -0.4 is 0 Å². The van der Waals surface area contributed by atoms with Gasteiger partial charge < -0.3 is 0 Å². The molecule has 0 saturated heterocycles. The van der Waals surface area contributed by atoms with E-state index in [9.17, 15) is 0 Å². The van der Waals surface area contributed by atoms with Crippen molar-refractivity contribution in [1.29, 1.82) is 0 Å². The average Bonchev–Trinajstić information content (AvgIpc) is 2.05. The first-order valence-electron chi connectivity index (χ1n) is 3.18. The minimum Gasteiger partial charge on any atom is -0.203 e. The average molecular weight is 128 g/mol. The van der Waals surface area contributed by atoms with Crippen LogP contribution in [0.3, 0.4) is 0 Å². The highest BCUT2D eigenvalue weighted by Gasteiger charge is 2.07. The van der Waals surface area contributed by atoms with E-state index in [1.165, 1.54) is 0 Å². The normalized spacial score (nSPS) is 12.4. The van der Waals surface area contributed by atoms with Gasteiger partial charge in [0.05, 0.1) is 0 Å². The third-order valence-corrected chi connectivity index (χ3v) is 1.45. The Morgan fingerprint density at radius 3 is 3.00 bits per heavy atom. The Labute approximate surface area is 59.7 Å². The maximum atomic E-state index is 4.13. The summed E-state index contributed by atoms with van der Waals surface area (Å²) in [5.74, 6) is 0. The van der Waals surface area contributed by atoms with Crippen molar-refractivity contribution in [2.24, 2.45) is 4.99 Å². The van der Waals surface area contributed by atoms with Crippen molar-refractivity contribution in [3.63, 3.8) is 0 Å². The molecule has 0 radical (unpaired) electrons. The van der Waals surface area contributed by atoms with Crippen molar-refractivity contribution < 1.29 is 0 Å². The summed E-state index contributed by atoms with van der Waals surface area (Å²) in [7, 11) is 0. The number of allylic oxidation sites excluding steroid dienone is 1. The molecule has 0 saturated carbocycles. The van der Waals surface area contributed by atoms with E-state index in [1.807, 2.05) is 30.3 Å². The summed E-state index contributed by atoms with van der Waals surface area (Å²) in [5, 5.41) is 0. The van der Waals surface area contributed by atoms with Gasteiger partial charge in [0, 0.05) is 6.07 Å². The van der Waals surface area contributed by atoms with E-state index in [2.05, 4.69) is 11.1 Å². The molecule has 0 fully saturated rings. The van der Waals surface area contributed by atoms with Crippen LogP contribution >= 0.6 is 0 Å². The van der Waals surface area contributed by atoms with Gasteiger partial charge in [0.1, 0.15) is 11.6 Å². The molecule has 0 unspecified atom stereocenters. The summed E-state index contributed by atoms with van der Waals surface area (Å²) >= 11 is 0. The first-order chi connectivity index (χ1) is 4.97. The molecule has 0 spiro atoms. The standard InChI is InChI=1S/C9H6N/c1-2-6-9-8(4-1)5-3-7-10-9/h1-2,4-7H/q+1. The van der Waals surface area contributed by atoms with Crippen molar-refractivity contribution in [3.8, 4) is 0 Å². The molecule has 0 amide bonds. The Bertz CT molecular complexity index is 266. The lowest BCUT2D eigenvalue weighted by atomic mass is 10.1. The SMILES string of the molecule is [C+]1=Cc2ccccc2N=C1. The van der Waals surface area contributed by atoms with Gasteiger partial charge in [-0.05, 0) is 12.1 Å². The lowest BCUT2D eigenvalue weighted by Gasteiger charge is -1.91. The molecule has 0 N–H and O–H groups in total. The van der Waals surface area contributed by atoms with Gasteiger partial charge in [-0.2, -0.15) is 0 Å². The zero-order valence-corrected chi connectivity index (χ0v) is 5.41. The smallest absolute Gasteiger partial charge is 0.173 e. The molecule has 0 bridgehead atoms. The molecule has 0 aliphatic carbocycles. The summed E-state index contributed by atoms with van der Waals surface area (Å²) in [5.41, 5.74) is 2.17. The van der Waals surface area contributed by atoms with Crippen molar-refractivity contribution in [1.82, 2.24) is 0 Å². The van der Waals surface area contributed by atoms with Crippen LogP contribution in [0.5, 0.6) is 0 Å². The summed E-state index contributed by atoms with van der Waals surface area (Å²) < 4.78 is 0. The molecule has 2 rings (SSSR count). The number of para-hydroxylation sites is 1. The van der Waals surface area contributed by atoms with Crippen LogP contribution in [0.4, 0.5) is 5.69 Å². The molecule has 1 aliphatic heterocycles. The number of aliphatic imine (C=N–C) groups is 1. The van der Waals surface area contributed by atoms with Crippen LogP contribution in [0.1, 0.15) is 5.56 Å². The van der Waals surface area contributed by atoms with Gasteiger partial charge in [-0.3, -0.25) is 0 Å². The minimum absolute atomic E-state index is 1.03. The highest BCUT2D eigenvalue weighted by Crippen LogP contribution is 2.21. The second-order valence-electron chi connectivity index (χ2n) is 2.13. The highest BCUT2D eigenvalue weighted by atomic mass is 14.7. The molecular formula is C9H6N+. The van der Waals surface area contributed by atoms with Gasteiger partial charge in [0.25, 0.3) is 0 Å². The molecule has 1 aliphatic rings. The monoisotopic (exact) mass is 128 g/mol. The lowest BCUT2D eigenvalue weighted by molar-refractivity contribution is 1.49. The van der Waals surface area contributed by atoms with Crippen LogP contribution in [-0.2, 0) is 0 Å². The van der Waals surface area contributed by atoms with Crippen molar-refractivity contribution in [3.05, 3.63) is 35.9 Å². The van der Waals surface area contributed by atoms with E-state index >= 15 is 0 Å². The number of hydrogen-bond acceptors (Lipinski definition) is 1. The number of hydrogen-bond donors (Lipinski definition) is 0. The fourth-order valence-corrected chi connectivity index (χ4v) is 0.961. The third-order valence-electron chi connectivity index (χ3n) is 1.45. The van der Waals surface area contributed by atoms with Crippen LogP contribution in [-0.4, -0.2) is 6.21 Å². The maximum Gasteiger partial charge on any atom is 0.173 e. The van der Waals surface area contributed by atoms with Gasteiger partial charge in [-0.1, -0.05) is 6.07 Å². The van der Waals surface area contributed by atoms with Crippen molar-refractivity contribution in [2.75, 3.05) is 0 Å². The predicted octanol–water partition coefficient (Wildman–Crippen LogP) is 2.22. The quantitative estimate of drug-likeness (QED) is 0.475. The van der Waals surface area contributed by atoms with E-state index < -0.39 is 0 Å². The second-order valence-corrected chi connectivity index (χ2v) is 2.13. The summed E-state index contributed by atoms with van der Waals surface area (Å²) in [4.78, 5) is 4.13. The molecule has 0 aromatic heterocycles. The van der Waals surface area contributed by atoms with Gasteiger partial charge >= 0.3 is 0 Å². The number of nitrogens with zero attached hydrogens (tertiary/aromatic N) is 1. The lowest BCUT2D eigenvalue weighted by Crippen LogP contribution is -1.79. The Morgan fingerprint density at radius 1 is 1.20 bits per heavy atom. The van der Waals surface area contributed by atoms with Crippen LogP contribution in [0, 0.1) is 6.08 Å². The van der Waals surface area contributed by atoms with Gasteiger partial charge in [0.2, 0.25) is 0 Å². The molecule has 1 heteroatoms. The summed E-state index contributed by atoms with van der Waals surface area (Å²) in [6.07, 6.45) is 6.54. The first kappa shape index (κ1) is 5.33. The second kappa shape index (κ2) is 2.05.